The van der Waals surface area contributed by atoms with Gasteiger partial charge in [0.1, 0.15) is 24.2 Å². The minimum atomic E-state index is -0.410. The first kappa shape index (κ1) is 13.2. The molecule has 1 aliphatic heterocycles. The molecule has 4 nitrogen and oxygen atoms in total. The third-order valence-corrected chi connectivity index (χ3v) is 3.01. The molecular formula is C14H15FN2O2. The van der Waals surface area contributed by atoms with Crippen molar-refractivity contribution in [1.29, 1.82) is 0 Å². The maximum absolute atomic E-state index is 13.2. The molecule has 0 bridgehead atoms. The monoisotopic (exact) mass is 262 g/mol. The zero-order valence-corrected chi connectivity index (χ0v) is 10.6. The van der Waals surface area contributed by atoms with Crippen molar-refractivity contribution in [3.63, 3.8) is 0 Å². The molecule has 1 N–H and O–H groups in total. The Balaban J connectivity index is 2.15. The molecule has 0 saturated carbocycles. The van der Waals surface area contributed by atoms with E-state index in [1.165, 1.54) is 12.1 Å². The number of likely N-dealkylation sites (N-methyl/N-ethyl adjacent to an activating group) is 1. The Bertz CT molecular complexity index is 525. The number of anilines is 1. The Labute approximate surface area is 111 Å². The first-order valence-electron chi connectivity index (χ1n) is 5.99. The minimum absolute atomic E-state index is 0.0206. The summed E-state index contributed by atoms with van der Waals surface area (Å²) in [5.41, 5.74) is 0.574. The molecule has 1 amide bonds. The Morgan fingerprint density at radius 3 is 3.05 bits per heavy atom. The van der Waals surface area contributed by atoms with Crippen LogP contribution >= 0.6 is 0 Å². The zero-order chi connectivity index (χ0) is 13.8. The van der Waals surface area contributed by atoms with E-state index in [2.05, 4.69) is 11.2 Å². The summed E-state index contributed by atoms with van der Waals surface area (Å²) in [5, 5.41) is 3.07. The molecule has 1 atom stereocenters. The number of nitrogens with zero attached hydrogens (tertiary/aromatic N) is 1. The van der Waals surface area contributed by atoms with Crippen LogP contribution in [0.3, 0.4) is 0 Å². The van der Waals surface area contributed by atoms with Gasteiger partial charge in [-0.05, 0) is 18.6 Å². The summed E-state index contributed by atoms with van der Waals surface area (Å²) in [6.45, 7) is 0.759. The second-order valence-corrected chi connectivity index (χ2v) is 4.38. The van der Waals surface area contributed by atoms with Gasteiger partial charge in [0.05, 0.1) is 5.69 Å². The Morgan fingerprint density at radius 1 is 1.63 bits per heavy atom. The number of hydrogen-bond acceptors (Lipinski definition) is 3. The van der Waals surface area contributed by atoms with Gasteiger partial charge in [-0.15, -0.1) is 6.42 Å². The molecule has 1 aromatic carbocycles. The van der Waals surface area contributed by atoms with Gasteiger partial charge in [0, 0.05) is 19.7 Å². The Morgan fingerprint density at radius 2 is 2.42 bits per heavy atom. The lowest BCUT2D eigenvalue weighted by molar-refractivity contribution is -0.127. The van der Waals surface area contributed by atoms with Crippen LogP contribution in [0.4, 0.5) is 10.1 Å². The number of carbonyl (C=O) groups is 1. The number of ether oxygens (including phenoxy) is 1. The van der Waals surface area contributed by atoms with Crippen molar-refractivity contribution in [3.05, 3.63) is 24.0 Å². The van der Waals surface area contributed by atoms with Gasteiger partial charge in [-0.25, -0.2) is 4.39 Å². The number of halogens is 1. The van der Waals surface area contributed by atoms with Crippen molar-refractivity contribution < 1.29 is 13.9 Å². The van der Waals surface area contributed by atoms with E-state index in [1.54, 1.807) is 18.0 Å². The highest BCUT2D eigenvalue weighted by atomic mass is 19.1. The standard InChI is InChI=1S/C14H15FN2O2/c1-3-8-19-13-9-10(15)4-5-11(13)16-12-6-7-17(2)14(12)18/h1,4-5,9,12,16H,6-8H2,2H3. The van der Waals surface area contributed by atoms with E-state index < -0.39 is 5.82 Å². The van der Waals surface area contributed by atoms with Crippen LogP contribution in [-0.4, -0.2) is 37.0 Å². The van der Waals surface area contributed by atoms with E-state index in [9.17, 15) is 9.18 Å². The molecule has 100 valence electrons. The van der Waals surface area contributed by atoms with Crippen molar-refractivity contribution in [2.24, 2.45) is 0 Å². The molecule has 0 aromatic heterocycles. The fourth-order valence-corrected chi connectivity index (χ4v) is 2.00. The quantitative estimate of drug-likeness (QED) is 0.836. The number of amides is 1. The predicted molar refractivity (Wildman–Crippen MR) is 70.4 cm³/mol. The minimum Gasteiger partial charge on any atom is -0.479 e. The van der Waals surface area contributed by atoms with Crippen LogP contribution in [0.5, 0.6) is 5.75 Å². The summed E-state index contributed by atoms with van der Waals surface area (Å²) in [7, 11) is 1.75. The van der Waals surface area contributed by atoms with Crippen molar-refractivity contribution >= 4 is 11.6 Å². The van der Waals surface area contributed by atoms with Crippen molar-refractivity contribution in [1.82, 2.24) is 4.90 Å². The first-order valence-corrected chi connectivity index (χ1v) is 5.99. The second-order valence-electron chi connectivity index (χ2n) is 4.38. The Hall–Kier alpha value is -2.22. The van der Waals surface area contributed by atoms with Crippen molar-refractivity contribution in [2.75, 3.05) is 25.5 Å². The lowest BCUT2D eigenvalue weighted by Crippen LogP contribution is -2.31. The summed E-state index contributed by atoms with van der Waals surface area (Å²) < 4.78 is 18.5. The molecule has 1 unspecified atom stereocenters. The summed E-state index contributed by atoms with van der Waals surface area (Å²) in [6, 6.07) is 3.81. The normalized spacial score (nSPS) is 18.3. The molecule has 2 rings (SSSR count). The highest BCUT2D eigenvalue weighted by Crippen LogP contribution is 2.27. The number of rotatable bonds is 4. The van der Waals surface area contributed by atoms with Crippen molar-refractivity contribution in [2.45, 2.75) is 12.5 Å². The molecule has 1 heterocycles. The lowest BCUT2D eigenvalue weighted by Gasteiger charge is -2.16. The average molecular weight is 262 g/mol. The van der Waals surface area contributed by atoms with E-state index in [0.717, 1.165) is 0 Å². The largest absolute Gasteiger partial charge is 0.479 e. The van der Waals surface area contributed by atoms with Gasteiger partial charge in [0.2, 0.25) is 5.91 Å². The Kier molecular flexibility index (Phi) is 3.91. The van der Waals surface area contributed by atoms with Gasteiger partial charge in [0.25, 0.3) is 0 Å². The number of terminal acetylenes is 1. The summed E-state index contributed by atoms with van der Waals surface area (Å²) in [4.78, 5) is 13.5. The van der Waals surface area contributed by atoms with Crippen LogP contribution in [0.25, 0.3) is 0 Å². The number of hydrogen-bond donors (Lipinski definition) is 1. The fourth-order valence-electron chi connectivity index (χ4n) is 2.00. The van der Waals surface area contributed by atoms with E-state index in [0.29, 0.717) is 24.4 Å². The molecule has 1 aliphatic rings. The average Bonchev–Trinajstić information content (AvgIpc) is 2.71. The molecule has 1 aromatic rings. The van der Waals surface area contributed by atoms with E-state index >= 15 is 0 Å². The second kappa shape index (κ2) is 5.61. The number of carbonyl (C=O) groups excluding carboxylic acids is 1. The number of nitrogens with one attached hydrogen (secondary N) is 1. The van der Waals surface area contributed by atoms with Crippen LogP contribution in [-0.2, 0) is 4.79 Å². The molecular weight excluding hydrogens is 247 g/mol. The maximum atomic E-state index is 13.2. The van der Waals surface area contributed by atoms with E-state index in [1.807, 2.05) is 0 Å². The van der Waals surface area contributed by atoms with Gasteiger partial charge in [-0.2, -0.15) is 0 Å². The molecule has 0 aliphatic carbocycles. The van der Waals surface area contributed by atoms with Crippen LogP contribution in [0, 0.1) is 18.2 Å². The third-order valence-electron chi connectivity index (χ3n) is 3.01. The lowest BCUT2D eigenvalue weighted by atomic mass is 10.2. The van der Waals surface area contributed by atoms with Crippen LogP contribution in [0.1, 0.15) is 6.42 Å². The third kappa shape index (κ3) is 2.97. The summed E-state index contributed by atoms with van der Waals surface area (Å²) >= 11 is 0. The van der Waals surface area contributed by atoms with Crippen molar-refractivity contribution in [3.8, 4) is 18.1 Å². The van der Waals surface area contributed by atoms with E-state index in [4.69, 9.17) is 11.2 Å². The molecule has 0 radical (unpaired) electrons. The predicted octanol–water partition coefficient (Wildman–Crippen LogP) is 1.48. The number of likely N-dealkylation sites (tertiary alicyclic amines) is 1. The van der Waals surface area contributed by atoms with Crippen LogP contribution < -0.4 is 10.1 Å². The van der Waals surface area contributed by atoms with Crippen LogP contribution in [0.2, 0.25) is 0 Å². The molecule has 1 saturated heterocycles. The molecule has 5 heteroatoms. The van der Waals surface area contributed by atoms with Gasteiger partial charge in [-0.3, -0.25) is 4.79 Å². The van der Waals surface area contributed by atoms with Gasteiger partial charge in [-0.1, -0.05) is 5.92 Å². The van der Waals surface area contributed by atoms with Gasteiger partial charge < -0.3 is 15.0 Å². The number of benzene rings is 1. The summed E-state index contributed by atoms with van der Waals surface area (Å²) in [5.74, 6) is 2.26. The summed E-state index contributed by atoms with van der Waals surface area (Å²) in [6.07, 6.45) is 5.83. The van der Waals surface area contributed by atoms with E-state index in [-0.39, 0.29) is 18.6 Å². The van der Waals surface area contributed by atoms with Crippen LogP contribution in [0.15, 0.2) is 18.2 Å². The molecule has 1 fully saturated rings. The topological polar surface area (TPSA) is 41.6 Å². The smallest absolute Gasteiger partial charge is 0.244 e. The first-order chi connectivity index (χ1) is 9.11. The zero-order valence-electron chi connectivity index (χ0n) is 10.6. The van der Waals surface area contributed by atoms with Gasteiger partial charge in [0.15, 0.2) is 0 Å². The maximum Gasteiger partial charge on any atom is 0.244 e. The highest BCUT2D eigenvalue weighted by molar-refractivity contribution is 5.87. The molecule has 0 spiro atoms. The van der Waals surface area contributed by atoms with Gasteiger partial charge >= 0.3 is 0 Å². The molecule has 19 heavy (non-hydrogen) atoms. The fraction of sp³-hybridized carbons (Fsp3) is 0.357. The SMILES string of the molecule is C#CCOc1cc(F)ccc1NC1CCN(C)C1=O. The highest BCUT2D eigenvalue weighted by Gasteiger charge is 2.29.